The van der Waals surface area contributed by atoms with Crippen LogP contribution in [0.2, 0.25) is 0 Å². The third-order valence-corrected chi connectivity index (χ3v) is 2.87. The summed E-state index contributed by atoms with van der Waals surface area (Å²) < 4.78 is 1.96. The predicted molar refractivity (Wildman–Crippen MR) is 60.7 cm³/mol. The maximum atomic E-state index is 4.38. The molecule has 0 N–H and O–H groups in total. The monoisotopic (exact) mass is 298 g/mol. The van der Waals surface area contributed by atoms with Crippen molar-refractivity contribution in [1.82, 2.24) is 4.98 Å². The van der Waals surface area contributed by atoms with Gasteiger partial charge < -0.3 is 0 Å². The van der Waals surface area contributed by atoms with Gasteiger partial charge >= 0.3 is 0 Å². The van der Waals surface area contributed by atoms with Gasteiger partial charge in [0.25, 0.3) is 0 Å². The zero-order valence-electron chi connectivity index (χ0n) is 6.94. The molecular weight excluding hydrogens is 294 g/mol. The fraction of sp³-hybridized carbons (Fsp3) is 0.100. The summed E-state index contributed by atoms with van der Waals surface area (Å²) in [6.45, 7) is 1.97. The molecule has 0 aliphatic carbocycles. The quantitative estimate of drug-likeness (QED) is 0.720. The van der Waals surface area contributed by atoms with Gasteiger partial charge in [-0.1, -0.05) is 31.9 Å². The number of pyridine rings is 1. The van der Waals surface area contributed by atoms with Gasteiger partial charge in [-0.25, -0.2) is 0 Å². The van der Waals surface area contributed by atoms with E-state index in [1.54, 1.807) is 0 Å². The molecule has 0 spiro atoms. The molecule has 0 aliphatic rings. The van der Waals surface area contributed by atoms with Crippen LogP contribution >= 0.6 is 31.9 Å². The number of nitrogens with zero attached hydrogens (tertiary/aromatic N) is 1. The smallest absolute Gasteiger partial charge is 0.0807 e. The molecule has 1 aromatic heterocycles. The minimum absolute atomic E-state index is 0.890. The second kappa shape index (κ2) is 3.39. The second-order valence-corrected chi connectivity index (χ2v) is 4.52. The molecule has 0 saturated carbocycles. The van der Waals surface area contributed by atoms with Crippen molar-refractivity contribution in [3.8, 4) is 0 Å². The Hall–Kier alpha value is -0.410. The summed E-state index contributed by atoms with van der Waals surface area (Å²) in [5.74, 6) is 0. The molecule has 0 unspecified atom stereocenters. The van der Waals surface area contributed by atoms with E-state index in [-0.39, 0.29) is 0 Å². The van der Waals surface area contributed by atoms with Crippen molar-refractivity contribution in [2.75, 3.05) is 0 Å². The van der Waals surface area contributed by atoms with Gasteiger partial charge in [0, 0.05) is 26.1 Å². The highest BCUT2D eigenvalue weighted by Crippen LogP contribution is 2.26. The predicted octanol–water partition coefficient (Wildman–Crippen LogP) is 3.87. The molecule has 65 valence electrons. The first-order chi connectivity index (χ1) is 6.16. The molecule has 2 rings (SSSR count). The SMILES string of the molecule is Cc1ccc2c(Br)cc(Br)[c]c2n1. The van der Waals surface area contributed by atoms with E-state index in [4.69, 9.17) is 0 Å². The van der Waals surface area contributed by atoms with Crippen LogP contribution in [0.15, 0.2) is 27.1 Å². The average molecular weight is 300 g/mol. The molecule has 0 fully saturated rings. The minimum atomic E-state index is 0.890. The first-order valence-corrected chi connectivity index (χ1v) is 5.40. The molecule has 13 heavy (non-hydrogen) atoms. The summed E-state index contributed by atoms with van der Waals surface area (Å²) in [5, 5.41) is 1.09. The molecule has 3 heteroatoms. The lowest BCUT2D eigenvalue weighted by Gasteiger charge is -2.01. The molecule has 1 heterocycles. The number of rotatable bonds is 0. The van der Waals surface area contributed by atoms with Crippen molar-refractivity contribution in [2.45, 2.75) is 6.92 Å². The number of aromatic nitrogens is 1. The Morgan fingerprint density at radius 3 is 2.85 bits per heavy atom. The molecule has 0 amide bonds. The summed E-state index contributed by atoms with van der Waals surface area (Å²) in [6.07, 6.45) is 0. The zero-order valence-corrected chi connectivity index (χ0v) is 10.1. The summed E-state index contributed by atoms with van der Waals surface area (Å²) in [5.41, 5.74) is 1.90. The van der Waals surface area contributed by atoms with Crippen molar-refractivity contribution < 1.29 is 0 Å². The molecular formula is C10H6Br2N. The van der Waals surface area contributed by atoms with Gasteiger partial charge in [-0.05, 0) is 25.1 Å². The van der Waals surface area contributed by atoms with Crippen LogP contribution in [0.5, 0.6) is 0 Å². The van der Waals surface area contributed by atoms with E-state index in [0.717, 1.165) is 25.5 Å². The van der Waals surface area contributed by atoms with Crippen LogP contribution in [-0.2, 0) is 0 Å². The number of aryl methyl sites for hydroxylation is 1. The average Bonchev–Trinajstić information content (AvgIpc) is 2.02. The molecule has 2 aromatic rings. The van der Waals surface area contributed by atoms with E-state index in [0.29, 0.717) is 0 Å². The van der Waals surface area contributed by atoms with Crippen molar-refractivity contribution >= 4 is 42.8 Å². The Bertz CT molecular complexity index is 460. The highest BCUT2D eigenvalue weighted by molar-refractivity contribution is 9.11. The van der Waals surface area contributed by atoms with Gasteiger partial charge in [-0.3, -0.25) is 4.98 Å². The first-order valence-electron chi connectivity index (χ1n) is 3.81. The fourth-order valence-electron chi connectivity index (χ4n) is 1.18. The highest BCUT2D eigenvalue weighted by atomic mass is 79.9. The Kier molecular flexibility index (Phi) is 2.39. The molecule has 0 bridgehead atoms. The van der Waals surface area contributed by atoms with E-state index < -0.39 is 0 Å². The number of hydrogen-bond donors (Lipinski definition) is 0. The summed E-state index contributed by atoms with van der Waals surface area (Å²) in [7, 11) is 0. The van der Waals surface area contributed by atoms with Crippen molar-refractivity contribution in [3.63, 3.8) is 0 Å². The number of fused-ring (bicyclic) bond motifs is 1. The Morgan fingerprint density at radius 1 is 1.31 bits per heavy atom. The lowest BCUT2D eigenvalue weighted by atomic mass is 10.2. The van der Waals surface area contributed by atoms with E-state index in [9.17, 15) is 0 Å². The van der Waals surface area contributed by atoms with Crippen LogP contribution in [0, 0.1) is 13.0 Å². The van der Waals surface area contributed by atoms with Crippen LogP contribution in [0.3, 0.4) is 0 Å². The summed E-state index contributed by atoms with van der Waals surface area (Å²) in [6, 6.07) is 9.16. The first kappa shape index (κ1) is 9.16. The van der Waals surface area contributed by atoms with Gasteiger partial charge in [0.2, 0.25) is 0 Å². The maximum absolute atomic E-state index is 4.38. The lowest BCUT2D eigenvalue weighted by Crippen LogP contribution is -1.84. The van der Waals surface area contributed by atoms with E-state index in [2.05, 4.69) is 42.9 Å². The normalized spacial score (nSPS) is 10.7. The van der Waals surface area contributed by atoms with Crippen molar-refractivity contribution in [3.05, 3.63) is 38.9 Å². The molecule has 0 aliphatic heterocycles. The summed E-state index contributed by atoms with van der Waals surface area (Å²) in [4.78, 5) is 4.38. The maximum Gasteiger partial charge on any atom is 0.0807 e. The van der Waals surface area contributed by atoms with Gasteiger partial charge in [-0.15, -0.1) is 0 Å². The van der Waals surface area contributed by atoms with Crippen LogP contribution in [0.25, 0.3) is 10.9 Å². The van der Waals surface area contributed by atoms with E-state index in [1.165, 1.54) is 0 Å². The summed E-state index contributed by atoms with van der Waals surface area (Å²) >= 11 is 6.86. The van der Waals surface area contributed by atoms with Crippen LogP contribution < -0.4 is 0 Å². The van der Waals surface area contributed by atoms with E-state index >= 15 is 0 Å². The molecule has 1 nitrogen and oxygen atoms in total. The fourth-order valence-corrected chi connectivity index (χ4v) is 2.46. The number of halogens is 2. The van der Waals surface area contributed by atoms with Crippen LogP contribution in [0.1, 0.15) is 5.69 Å². The van der Waals surface area contributed by atoms with Crippen molar-refractivity contribution in [2.24, 2.45) is 0 Å². The Labute approximate surface area is 93.4 Å². The third kappa shape index (κ3) is 1.76. The van der Waals surface area contributed by atoms with Crippen LogP contribution in [-0.4, -0.2) is 4.98 Å². The molecule has 0 saturated heterocycles. The topological polar surface area (TPSA) is 12.9 Å². The highest BCUT2D eigenvalue weighted by Gasteiger charge is 2.01. The zero-order chi connectivity index (χ0) is 9.42. The lowest BCUT2D eigenvalue weighted by molar-refractivity contribution is 1.25. The standard InChI is InChI=1S/C10H6Br2N/c1-6-2-3-8-9(12)4-7(11)5-10(8)13-6/h2-4H,1H3. The molecule has 0 atom stereocenters. The van der Waals surface area contributed by atoms with Gasteiger partial charge in [0.1, 0.15) is 0 Å². The molecule has 1 radical (unpaired) electrons. The molecule has 1 aromatic carbocycles. The number of hydrogen-bond acceptors (Lipinski definition) is 1. The number of benzene rings is 1. The minimum Gasteiger partial charge on any atom is -0.252 e. The Morgan fingerprint density at radius 2 is 2.08 bits per heavy atom. The van der Waals surface area contributed by atoms with Gasteiger partial charge in [0.15, 0.2) is 0 Å². The van der Waals surface area contributed by atoms with Crippen molar-refractivity contribution in [1.29, 1.82) is 0 Å². The van der Waals surface area contributed by atoms with Gasteiger partial charge in [0.05, 0.1) is 5.52 Å². The largest absolute Gasteiger partial charge is 0.252 e. The second-order valence-electron chi connectivity index (χ2n) is 2.81. The third-order valence-electron chi connectivity index (χ3n) is 1.78. The Balaban J connectivity index is 2.86. The van der Waals surface area contributed by atoms with E-state index in [1.807, 2.05) is 25.1 Å². The van der Waals surface area contributed by atoms with Gasteiger partial charge in [-0.2, -0.15) is 0 Å². The van der Waals surface area contributed by atoms with Crippen LogP contribution in [0.4, 0.5) is 0 Å².